The zero-order valence-electron chi connectivity index (χ0n) is 11.5. The van der Waals surface area contributed by atoms with Gasteiger partial charge in [-0.3, -0.25) is 4.79 Å². The van der Waals surface area contributed by atoms with Gasteiger partial charge in [-0.2, -0.15) is 0 Å². The Bertz CT molecular complexity index is 594. The van der Waals surface area contributed by atoms with Crippen molar-refractivity contribution in [2.75, 3.05) is 18.5 Å². The highest BCUT2D eigenvalue weighted by molar-refractivity contribution is 7.88. The monoisotopic (exact) mass is 319 g/mol. The summed E-state index contributed by atoms with van der Waals surface area (Å²) in [6.07, 6.45) is 1.06. The highest BCUT2D eigenvalue weighted by atomic mass is 35.5. The molecule has 0 saturated heterocycles. The fourth-order valence-corrected chi connectivity index (χ4v) is 3.00. The van der Waals surface area contributed by atoms with E-state index < -0.39 is 15.6 Å². The van der Waals surface area contributed by atoms with Crippen LogP contribution in [0.15, 0.2) is 18.2 Å². The molecule has 1 aromatic carbocycles. The molecule has 0 aliphatic heterocycles. The molecule has 0 radical (unpaired) electrons. The Labute approximate surface area is 123 Å². The molecule has 0 unspecified atom stereocenters. The smallest absolute Gasteiger partial charge is 0.251 e. The molecule has 0 aliphatic carbocycles. The van der Waals surface area contributed by atoms with Gasteiger partial charge in [-0.05, 0) is 32.0 Å². The molecule has 0 aliphatic rings. The van der Waals surface area contributed by atoms with Gasteiger partial charge in [0.1, 0.15) is 0 Å². The molecule has 0 fully saturated rings. The van der Waals surface area contributed by atoms with E-state index in [9.17, 15) is 13.2 Å². The normalized spacial score (nSPS) is 12.2. The van der Waals surface area contributed by atoms with Crippen LogP contribution in [0.5, 0.6) is 0 Å². The number of anilines is 1. The number of hydrogen-bond acceptors (Lipinski definition) is 4. The van der Waals surface area contributed by atoms with Crippen molar-refractivity contribution < 1.29 is 13.2 Å². The number of benzene rings is 1. The molecule has 1 amide bonds. The first kappa shape index (κ1) is 16.7. The summed E-state index contributed by atoms with van der Waals surface area (Å²) in [6, 6.07) is 4.52. The van der Waals surface area contributed by atoms with E-state index in [2.05, 4.69) is 10.0 Å². The maximum absolute atomic E-state index is 12.0. The minimum absolute atomic E-state index is 0.130. The van der Waals surface area contributed by atoms with E-state index in [0.717, 1.165) is 6.26 Å². The molecule has 4 N–H and O–H groups in total. The number of amides is 1. The highest BCUT2D eigenvalue weighted by Crippen LogP contribution is 2.16. The van der Waals surface area contributed by atoms with Crippen molar-refractivity contribution in [1.29, 1.82) is 0 Å². The first-order chi connectivity index (χ1) is 8.98. The van der Waals surface area contributed by atoms with Gasteiger partial charge < -0.3 is 11.1 Å². The van der Waals surface area contributed by atoms with Gasteiger partial charge in [0.2, 0.25) is 10.0 Å². The quantitative estimate of drug-likeness (QED) is 0.704. The second-order valence-electron chi connectivity index (χ2n) is 5.21. The number of carbonyl (C=O) groups excluding carboxylic acids is 1. The Hall–Kier alpha value is -1.31. The Morgan fingerprint density at radius 2 is 1.95 bits per heavy atom. The summed E-state index contributed by atoms with van der Waals surface area (Å²) in [6.45, 7) is 3.46. The third kappa shape index (κ3) is 5.77. The summed E-state index contributed by atoms with van der Waals surface area (Å²) in [5.41, 5.74) is 5.52. The van der Waals surface area contributed by atoms with Gasteiger partial charge in [0.25, 0.3) is 5.91 Å². The predicted octanol–water partition coefficient (Wildman–Crippen LogP) is 0.980. The lowest BCUT2D eigenvalue weighted by Crippen LogP contribution is -2.51. The van der Waals surface area contributed by atoms with Crippen LogP contribution in [0.4, 0.5) is 5.69 Å². The van der Waals surface area contributed by atoms with E-state index in [4.69, 9.17) is 17.3 Å². The molecule has 0 heterocycles. The molecule has 112 valence electrons. The third-order valence-electron chi connectivity index (χ3n) is 2.33. The maximum atomic E-state index is 12.0. The van der Waals surface area contributed by atoms with Gasteiger partial charge in [-0.1, -0.05) is 11.6 Å². The highest BCUT2D eigenvalue weighted by Gasteiger charge is 2.23. The average molecular weight is 320 g/mol. The van der Waals surface area contributed by atoms with Crippen LogP contribution in [0, 0.1) is 0 Å². The molecule has 20 heavy (non-hydrogen) atoms. The summed E-state index contributed by atoms with van der Waals surface area (Å²) in [5.74, 6) is -0.373. The van der Waals surface area contributed by atoms with Crippen molar-refractivity contribution in [2.45, 2.75) is 19.4 Å². The van der Waals surface area contributed by atoms with Gasteiger partial charge in [-0.15, -0.1) is 0 Å². The second kappa shape index (κ2) is 5.99. The van der Waals surface area contributed by atoms with Crippen LogP contribution >= 0.6 is 11.6 Å². The van der Waals surface area contributed by atoms with Crippen molar-refractivity contribution in [2.24, 2.45) is 0 Å². The van der Waals surface area contributed by atoms with Crippen molar-refractivity contribution in [3.8, 4) is 0 Å². The van der Waals surface area contributed by atoms with Gasteiger partial charge in [0.15, 0.2) is 0 Å². The Kier molecular flexibility index (Phi) is 5.01. The summed E-state index contributed by atoms with van der Waals surface area (Å²) in [4.78, 5) is 12.0. The summed E-state index contributed by atoms with van der Waals surface area (Å²) >= 11 is 5.82. The Morgan fingerprint density at radius 3 is 2.45 bits per heavy atom. The number of carbonyl (C=O) groups is 1. The Balaban J connectivity index is 2.72. The van der Waals surface area contributed by atoms with Crippen LogP contribution in [0.25, 0.3) is 0 Å². The number of nitrogens with one attached hydrogen (secondary N) is 2. The van der Waals surface area contributed by atoms with Crippen molar-refractivity contribution in [3.63, 3.8) is 0 Å². The van der Waals surface area contributed by atoms with Gasteiger partial charge >= 0.3 is 0 Å². The topological polar surface area (TPSA) is 101 Å². The van der Waals surface area contributed by atoms with Crippen LogP contribution in [0.3, 0.4) is 0 Å². The molecule has 1 aromatic rings. The predicted molar refractivity (Wildman–Crippen MR) is 80.3 cm³/mol. The van der Waals surface area contributed by atoms with Crippen LogP contribution in [0.1, 0.15) is 24.2 Å². The van der Waals surface area contributed by atoms with Crippen molar-refractivity contribution in [3.05, 3.63) is 28.8 Å². The Morgan fingerprint density at radius 1 is 1.35 bits per heavy atom. The van der Waals surface area contributed by atoms with Crippen molar-refractivity contribution in [1.82, 2.24) is 10.0 Å². The fourth-order valence-electron chi connectivity index (χ4n) is 1.68. The summed E-state index contributed by atoms with van der Waals surface area (Å²) in [5, 5.41) is 3.00. The SMILES string of the molecule is CC(C)(CNC(=O)c1cc(N)cc(Cl)c1)NS(C)(=O)=O. The van der Waals surface area contributed by atoms with Gasteiger partial charge in [-0.25, -0.2) is 13.1 Å². The van der Waals surface area contributed by atoms with E-state index in [-0.39, 0.29) is 12.5 Å². The van der Waals surface area contributed by atoms with E-state index in [1.165, 1.54) is 18.2 Å². The second-order valence-corrected chi connectivity index (χ2v) is 7.40. The minimum Gasteiger partial charge on any atom is -0.399 e. The van der Waals surface area contributed by atoms with Crippen LogP contribution in [-0.2, 0) is 10.0 Å². The molecular weight excluding hydrogens is 302 g/mol. The minimum atomic E-state index is -3.35. The van der Waals surface area contributed by atoms with Gasteiger partial charge in [0, 0.05) is 28.4 Å². The van der Waals surface area contributed by atoms with Crippen LogP contribution in [0.2, 0.25) is 5.02 Å². The first-order valence-electron chi connectivity index (χ1n) is 5.82. The fraction of sp³-hybridized carbons (Fsp3) is 0.417. The van der Waals surface area contributed by atoms with E-state index >= 15 is 0 Å². The zero-order valence-corrected chi connectivity index (χ0v) is 13.1. The van der Waals surface area contributed by atoms with Crippen LogP contribution in [-0.4, -0.2) is 32.7 Å². The molecule has 1 rings (SSSR count). The standard InChI is InChI=1S/C12H18ClN3O3S/c1-12(2,16-20(3,18)19)7-15-11(17)8-4-9(13)6-10(14)5-8/h4-6,16H,7,14H2,1-3H3,(H,15,17). The number of nitrogens with two attached hydrogens (primary N) is 1. The molecule has 6 nitrogen and oxygen atoms in total. The lowest BCUT2D eigenvalue weighted by atomic mass is 10.1. The van der Waals surface area contributed by atoms with E-state index in [1.807, 2.05) is 0 Å². The molecule has 8 heteroatoms. The largest absolute Gasteiger partial charge is 0.399 e. The number of nitrogen functional groups attached to an aromatic ring is 1. The van der Waals surface area contributed by atoms with E-state index in [0.29, 0.717) is 16.3 Å². The summed E-state index contributed by atoms with van der Waals surface area (Å²) in [7, 11) is -3.35. The van der Waals surface area contributed by atoms with Crippen LogP contribution < -0.4 is 15.8 Å². The van der Waals surface area contributed by atoms with Crippen molar-refractivity contribution >= 4 is 33.2 Å². The lowest BCUT2D eigenvalue weighted by molar-refractivity contribution is 0.0944. The molecule has 0 bridgehead atoms. The first-order valence-corrected chi connectivity index (χ1v) is 8.09. The van der Waals surface area contributed by atoms with Gasteiger partial charge in [0.05, 0.1) is 6.26 Å². The molecule has 0 spiro atoms. The number of halogens is 1. The number of rotatable bonds is 5. The van der Waals surface area contributed by atoms with E-state index in [1.54, 1.807) is 13.8 Å². The summed E-state index contributed by atoms with van der Waals surface area (Å²) < 4.78 is 24.8. The average Bonchev–Trinajstić information content (AvgIpc) is 2.21. The molecule has 0 saturated carbocycles. The molecule has 0 aromatic heterocycles. The zero-order chi connectivity index (χ0) is 15.6. The lowest BCUT2D eigenvalue weighted by Gasteiger charge is -2.25. The molecule has 0 atom stereocenters. The third-order valence-corrected chi connectivity index (χ3v) is 3.48. The maximum Gasteiger partial charge on any atom is 0.251 e. The molecular formula is C12H18ClN3O3S. The number of hydrogen-bond donors (Lipinski definition) is 3. The number of sulfonamides is 1.